The number of carbonyl (C=O) groups excluding carboxylic acids is 2. The molecule has 120 valence electrons. The number of hydrogen-bond acceptors (Lipinski definition) is 4. The second-order valence-corrected chi connectivity index (χ2v) is 5.78. The van der Waals surface area contributed by atoms with Crippen LogP contribution < -0.4 is 5.32 Å². The first kappa shape index (κ1) is 16.1. The van der Waals surface area contributed by atoms with Crippen molar-refractivity contribution in [1.29, 1.82) is 0 Å². The van der Waals surface area contributed by atoms with Crippen LogP contribution in [0.2, 0.25) is 0 Å². The van der Waals surface area contributed by atoms with Gasteiger partial charge in [-0.3, -0.25) is 14.3 Å². The molecule has 1 N–H and O–H groups in total. The van der Waals surface area contributed by atoms with Gasteiger partial charge in [-0.2, -0.15) is 5.10 Å². The maximum atomic E-state index is 12.7. The number of nitrogens with one attached hydrogen (secondary N) is 1. The molecule has 1 saturated heterocycles. The SMILES string of the molecule is C=CC(=O)N1CCC(Nc2ccnn2C)(C(=O)N(C)C)CC1. The van der Waals surface area contributed by atoms with E-state index in [1.165, 1.54) is 6.08 Å². The molecule has 0 saturated carbocycles. The Balaban J connectivity index is 2.22. The first-order valence-corrected chi connectivity index (χ1v) is 7.29. The molecule has 0 bridgehead atoms. The molecule has 0 unspecified atom stereocenters. The zero-order chi connectivity index (χ0) is 16.3. The summed E-state index contributed by atoms with van der Waals surface area (Å²) in [6.07, 6.45) is 4.10. The Morgan fingerprint density at radius 2 is 2.05 bits per heavy atom. The number of carbonyl (C=O) groups is 2. The Morgan fingerprint density at radius 1 is 1.41 bits per heavy atom. The summed E-state index contributed by atoms with van der Waals surface area (Å²) in [5.74, 6) is 0.713. The molecule has 1 aromatic rings. The number of piperidine rings is 1. The standard InChI is InChI=1S/C15H23N5O2/c1-5-13(21)20-10-7-15(8-11-20,14(22)18(2)3)17-12-6-9-16-19(12)4/h5-6,9,17H,1,7-8,10-11H2,2-4H3. The fourth-order valence-electron chi connectivity index (χ4n) is 2.80. The predicted molar refractivity (Wildman–Crippen MR) is 84.3 cm³/mol. The summed E-state index contributed by atoms with van der Waals surface area (Å²) < 4.78 is 1.70. The second kappa shape index (κ2) is 6.21. The Morgan fingerprint density at radius 3 is 2.50 bits per heavy atom. The smallest absolute Gasteiger partial charge is 0.247 e. The lowest BCUT2D eigenvalue weighted by Crippen LogP contribution is -2.58. The van der Waals surface area contributed by atoms with E-state index in [4.69, 9.17) is 0 Å². The van der Waals surface area contributed by atoms with Crippen molar-refractivity contribution in [3.8, 4) is 0 Å². The predicted octanol–water partition coefficient (Wildman–Crippen LogP) is 0.467. The summed E-state index contributed by atoms with van der Waals surface area (Å²) in [5, 5.41) is 7.47. The third kappa shape index (κ3) is 2.98. The van der Waals surface area contributed by atoms with Gasteiger partial charge in [-0.15, -0.1) is 0 Å². The van der Waals surface area contributed by atoms with Gasteiger partial charge in [0.2, 0.25) is 11.8 Å². The summed E-state index contributed by atoms with van der Waals surface area (Å²) in [6.45, 7) is 4.56. The fourth-order valence-corrected chi connectivity index (χ4v) is 2.80. The van der Waals surface area contributed by atoms with E-state index in [2.05, 4.69) is 17.0 Å². The Hall–Kier alpha value is -2.31. The summed E-state index contributed by atoms with van der Waals surface area (Å²) in [5.41, 5.74) is -0.713. The highest BCUT2D eigenvalue weighted by Gasteiger charge is 2.43. The molecule has 0 spiro atoms. The second-order valence-electron chi connectivity index (χ2n) is 5.78. The van der Waals surface area contributed by atoms with Crippen molar-refractivity contribution < 1.29 is 9.59 Å². The number of hydrogen-bond donors (Lipinski definition) is 1. The monoisotopic (exact) mass is 305 g/mol. The molecule has 0 aromatic carbocycles. The van der Waals surface area contributed by atoms with E-state index in [9.17, 15) is 9.59 Å². The number of amides is 2. The molecule has 1 aromatic heterocycles. The van der Waals surface area contributed by atoms with Crippen molar-refractivity contribution in [2.45, 2.75) is 18.4 Å². The average molecular weight is 305 g/mol. The lowest BCUT2D eigenvalue weighted by atomic mass is 9.85. The first-order chi connectivity index (χ1) is 10.4. The minimum atomic E-state index is -0.713. The van der Waals surface area contributed by atoms with Gasteiger partial charge in [0.15, 0.2) is 0 Å². The van der Waals surface area contributed by atoms with E-state index in [0.717, 1.165) is 5.82 Å². The third-order valence-corrected chi connectivity index (χ3v) is 4.11. The zero-order valence-electron chi connectivity index (χ0n) is 13.4. The van der Waals surface area contributed by atoms with Crippen LogP contribution in [0.25, 0.3) is 0 Å². The molecule has 22 heavy (non-hydrogen) atoms. The summed E-state index contributed by atoms with van der Waals surface area (Å²) >= 11 is 0. The number of aryl methyl sites for hydroxylation is 1. The van der Waals surface area contributed by atoms with Crippen molar-refractivity contribution in [3.05, 3.63) is 24.9 Å². The first-order valence-electron chi connectivity index (χ1n) is 7.29. The van der Waals surface area contributed by atoms with E-state index >= 15 is 0 Å². The molecule has 2 amide bonds. The number of nitrogens with zero attached hydrogens (tertiary/aromatic N) is 4. The number of likely N-dealkylation sites (tertiary alicyclic amines) is 1. The van der Waals surface area contributed by atoms with Crippen LogP contribution in [-0.4, -0.2) is 64.1 Å². The Labute approximate surface area is 130 Å². The van der Waals surface area contributed by atoms with Gasteiger partial charge >= 0.3 is 0 Å². The summed E-state index contributed by atoms with van der Waals surface area (Å²) in [4.78, 5) is 27.8. The summed E-state index contributed by atoms with van der Waals surface area (Å²) in [7, 11) is 5.32. The van der Waals surface area contributed by atoms with Crippen LogP contribution in [-0.2, 0) is 16.6 Å². The van der Waals surface area contributed by atoms with E-state index in [1.807, 2.05) is 13.1 Å². The van der Waals surface area contributed by atoms with Crippen molar-refractivity contribution >= 4 is 17.6 Å². The van der Waals surface area contributed by atoms with E-state index in [-0.39, 0.29) is 11.8 Å². The van der Waals surface area contributed by atoms with Crippen LogP contribution in [0.3, 0.4) is 0 Å². The van der Waals surface area contributed by atoms with Crippen LogP contribution in [0.4, 0.5) is 5.82 Å². The van der Waals surface area contributed by atoms with Crippen molar-refractivity contribution in [1.82, 2.24) is 19.6 Å². The molecule has 1 fully saturated rings. The summed E-state index contributed by atoms with van der Waals surface area (Å²) in [6, 6.07) is 1.84. The molecule has 2 heterocycles. The normalized spacial score (nSPS) is 17.0. The molecule has 0 aliphatic carbocycles. The topological polar surface area (TPSA) is 70.5 Å². The molecule has 7 nitrogen and oxygen atoms in total. The number of likely N-dealkylation sites (N-methyl/N-ethyl adjacent to an activating group) is 1. The molecule has 2 rings (SSSR count). The van der Waals surface area contributed by atoms with Gasteiger partial charge in [0, 0.05) is 40.3 Å². The highest BCUT2D eigenvalue weighted by molar-refractivity contribution is 5.90. The van der Waals surface area contributed by atoms with Gasteiger partial charge < -0.3 is 15.1 Å². The molecule has 1 aliphatic heterocycles. The quantitative estimate of drug-likeness (QED) is 0.821. The lowest BCUT2D eigenvalue weighted by molar-refractivity contribution is -0.137. The van der Waals surface area contributed by atoms with Gasteiger partial charge in [-0.05, 0) is 18.9 Å². The molecule has 7 heteroatoms. The average Bonchev–Trinajstić information content (AvgIpc) is 2.91. The van der Waals surface area contributed by atoms with Crippen LogP contribution in [0.1, 0.15) is 12.8 Å². The van der Waals surface area contributed by atoms with Crippen LogP contribution >= 0.6 is 0 Å². The molecule has 0 atom stereocenters. The molecule has 0 radical (unpaired) electrons. The highest BCUT2D eigenvalue weighted by atomic mass is 16.2. The van der Waals surface area contributed by atoms with E-state index in [0.29, 0.717) is 25.9 Å². The third-order valence-electron chi connectivity index (χ3n) is 4.11. The maximum absolute atomic E-state index is 12.7. The Kier molecular flexibility index (Phi) is 4.54. The molecule has 1 aliphatic rings. The van der Waals surface area contributed by atoms with Gasteiger partial charge in [-0.1, -0.05) is 6.58 Å². The largest absolute Gasteiger partial charge is 0.356 e. The molecular weight excluding hydrogens is 282 g/mol. The van der Waals surface area contributed by atoms with Gasteiger partial charge in [0.05, 0.1) is 6.20 Å². The minimum Gasteiger partial charge on any atom is -0.356 e. The van der Waals surface area contributed by atoms with E-state index < -0.39 is 5.54 Å². The van der Waals surface area contributed by atoms with Gasteiger partial charge in [-0.25, -0.2) is 0 Å². The minimum absolute atomic E-state index is 0.0133. The number of aromatic nitrogens is 2. The van der Waals surface area contributed by atoms with Gasteiger partial charge in [0.1, 0.15) is 11.4 Å². The van der Waals surface area contributed by atoms with Crippen molar-refractivity contribution in [2.75, 3.05) is 32.5 Å². The van der Waals surface area contributed by atoms with Crippen molar-refractivity contribution in [3.63, 3.8) is 0 Å². The fraction of sp³-hybridized carbons (Fsp3) is 0.533. The maximum Gasteiger partial charge on any atom is 0.247 e. The van der Waals surface area contributed by atoms with Crippen molar-refractivity contribution in [2.24, 2.45) is 7.05 Å². The van der Waals surface area contributed by atoms with Gasteiger partial charge in [0.25, 0.3) is 0 Å². The van der Waals surface area contributed by atoms with Crippen LogP contribution in [0.15, 0.2) is 24.9 Å². The molecular formula is C15H23N5O2. The zero-order valence-corrected chi connectivity index (χ0v) is 13.4. The lowest BCUT2D eigenvalue weighted by Gasteiger charge is -2.42. The van der Waals surface area contributed by atoms with E-state index in [1.54, 1.807) is 34.8 Å². The van der Waals surface area contributed by atoms with Crippen LogP contribution in [0, 0.1) is 0 Å². The van der Waals surface area contributed by atoms with Crippen LogP contribution in [0.5, 0.6) is 0 Å². The number of anilines is 1. The highest BCUT2D eigenvalue weighted by Crippen LogP contribution is 2.28. The Bertz CT molecular complexity index is 570. The number of rotatable bonds is 4.